The fourth-order valence-corrected chi connectivity index (χ4v) is 2.63. The summed E-state index contributed by atoms with van der Waals surface area (Å²) in [5, 5.41) is 0. The minimum atomic E-state index is -3.13. The molecule has 76 valence electrons. The molecule has 0 spiro atoms. The van der Waals surface area contributed by atoms with Crippen LogP contribution in [0.1, 0.15) is 6.42 Å². The maximum absolute atomic E-state index is 11.3. The Hall–Kier alpha value is -0.620. The first kappa shape index (κ1) is 10.5. The summed E-state index contributed by atoms with van der Waals surface area (Å²) in [7, 11) is 0.102. The van der Waals surface area contributed by atoms with Crippen molar-refractivity contribution in [1.29, 1.82) is 0 Å². The topological polar surface area (TPSA) is 57.7 Å². The van der Waals surface area contributed by atoms with E-state index in [0.29, 0.717) is 13.0 Å². The lowest BCUT2D eigenvalue weighted by atomic mass is 10.4. The summed E-state index contributed by atoms with van der Waals surface area (Å²) < 4.78 is 23.8. The first-order valence-corrected chi connectivity index (χ1v) is 5.72. The zero-order valence-electron chi connectivity index (χ0n) is 7.86. The van der Waals surface area contributed by atoms with Crippen molar-refractivity contribution in [2.45, 2.75) is 6.42 Å². The van der Waals surface area contributed by atoms with E-state index >= 15 is 0 Å². The summed E-state index contributed by atoms with van der Waals surface area (Å²) in [6, 6.07) is 0. The lowest BCUT2D eigenvalue weighted by Gasteiger charge is -2.16. The number of hydrogen-bond donors (Lipinski definition) is 0. The molecule has 0 aromatic carbocycles. The molecule has 0 unspecified atom stereocenters. The molecular formula is C7H14N2O3S. The molecule has 0 aliphatic carbocycles. The largest absolute Gasteiger partial charge is 0.348 e. The van der Waals surface area contributed by atoms with E-state index in [1.165, 1.54) is 9.21 Å². The third-order valence-electron chi connectivity index (χ3n) is 2.01. The van der Waals surface area contributed by atoms with Crippen molar-refractivity contribution in [3.63, 3.8) is 0 Å². The van der Waals surface area contributed by atoms with E-state index in [1.54, 1.807) is 14.1 Å². The summed E-state index contributed by atoms with van der Waals surface area (Å²) in [5.74, 6) is -0.00117. The van der Waals surface area contributed by atoms with Crippen LogP contribution in [0.4, 0.5) is 0 Å². The number of rotatable bonds is 2. The first-order chi connectivity index (χ1) is 5.93. The first-order valence-electron chi connectivity index (χ1n) is 4.11. The third-order valence-corrected chi connectivity index (χ3v) is 3.92. The number of sulfonamides is 1. The lowest BCUT2D eigenvalue weighted by molar-refractivity contribution is -0.128. The van der Waals surface area contributed by atoms with Crippen LogP contribution in [0, 0.1) is 0 Å². The number of carbonyl (C=O) groups is 1. The van der Waals surface area contributed by atoms with E-state index in [9.17, 15) is 13.2 Å². The van der Waals surface area contributed by atoms with Crippen molar-refractivity contribution >= 4 is 15.9 Å². The Kier molecular flexibility index (Phi) is 2.92. The molecule has 0 saturated carbocycles. The number of likely N-dealkylation sites (N-methyl/N-ethyl adjacent to an activating group) is 1. The van der Waals surface area contributed by atoms with Crippen molar-refractivity contribution in [2.24, 2.45) is 0 Å². The molecule has 13 heavy (non-hydrogen) atoms. The Morgan fingerprint density at radius 2 is 2.08 bits per heavy atom. The summed E-state index contributed by atoms with van der Waals surface area (Å²) >= 11 is 0. The van der Waals surface area contributed by atoms with Crippen LogP contribution >= 0.6 is 0 Å². The highest BCUT2D eigenvalue weighted by molar-refractivity contribution is 7.89. The molecule has 0 bridgehead atoms. The second-order valence-corrected chi connectivity index (χ2v) is 5.38. The SMILES string of the molecule is CN(C)C(=O)CN1CCCS1(=O)=O. The molecule has 6 heteroatoms. The predicted octanol–water partition coefficient (Wildman–Crippen LogP) is -0.890. The Labute approximate surface area is 78.4 Å². The van der Waals surface area contributed by atoms with Crippen LogP contribution in [0.25, 0.3) is 0 Å². The summed E-state index contributed by atoms with van der Waals surface area (Å²) in [6.45, 7) is 0.456. The fraction of sp³-hybridized carbons (Fsp3) is 0.857. The highest BCUT2D eigenvalue weighted by atomic mass is 32.2. The fourth-order valence-electron chi connectivity index (χ4n) is 1.16. The van der Waals surface area contributed by atoms with E-state index in [2.05, 4.69) is 0 Å². The van der Waals surface area contributed by atoms with Gasteiger partial charge in [-0.1, -0.05) is 0 Å². The second kappa shape index (κ2) is 3.63. The standard InChI is InChI=1S/C7H14N2O3S/c1-8(2)7(10)6-9-4-3-5-13(9,11)12/h3-6H2,1-2H3. The highest BCUT2D eigenvalue weighted by Crippen LogP contribution is 2.12. The Balaban J connectivity index is 2.60. The van der Waals surface area contributed by atoms with Crippen LogP contribution in [0.15, 0.2) is 0 Å². The Morgan fingerprint density at radius 1 is 1.46 bits per heavy atom. The minimum absolute atomic E-state index is 0.0185. The van der Waals surface area contributed by atoms with Gasteiger partial charge in [0.2, 0.25) is 15.9 Å². The van der Waals surface area contributed by atoms with Crippen LogP contribution in [-0.4, -0.2) is 56.5 Å². The molecule has 1 fully saturated rings. The smallest absolute Gasteiger partial charge is 0.237 e. The van der Waals surface area contributed by atoms with E-state index in [-0.39, 0.29) is 18.2 Å². The maximum atomic E-state index is 11.3. The molecule has 1 rings (SSSR count). The van der Waals surface area contributed by atoms with Crippen LogP contribution in [-0.2, 0) is 14.8 Å². The maximum Gasteiger partial charge on any atom is 0.237 e. The molecular weight excluding hydrogens is 192 g/mol. The monoisotopic (exact) mass is 206 g/mol. The molecule has 0 radical (unpaired) electrons. The van der Waals surface area contributed by atoms with Gasteiger partial charge in [-0.15, -0.1) is 0 Å². The van der Waals surface area contributed by atoms with Gasteiger partial charge in [0, 0.05) is 20.6 Å². The van der Waals surface area contributed by atoms with Crippen molar-refractivity contribution in [3.05, 3.63) is 0 Å². The molecule has 1 amide bonds. The third kappa shape index (κ3) is 2.41. The van der Waals surface area contributed by atoms with Crippen LogP contribution in [0.5, 0.6) is 0 Å². The van der Waals surface area contributed by atoms with Gasteiger partial charge in [-0.05, 0) is 6.42 Å². The van der Waals surface area contributed by atoms with Gasteiger partial charge in [-0.25, -0.2) is 8.42 Å². The van der Waals surface area contributed by atoms with Crippen molar-refractivity contribution in [3.8, 4) is 0 Å². The molecule has 1 saturated heterocycles. The summed E-state index contributed by atoms with van der Waals surface area (Å²) in [5.41, 5.74) is 0. The number of hydrogen-bond acceptors (Lipinski definition) is 3. The Morgan fingerprint density at radius 3 is 2.46 bits per heavy atom. The molecule has 1 aliphatic heterocycles. The van der Waals surface area contributed by atoms with E-state index in [1.807, 2.05) is 0 Å². The molecule has 0 aromatic rings. The zero-order valence-corrected chi connectivity index (χ0v) is 8.67. The van der Waals surface area contributed by atoms with Gasteiger partial charge in [0.05, 0.1) is 12.3 Å². The van der Waals surface area contributed by atoms with Gasteiger partial charge in [-0.2, -0.15) is 4.31 Å². The van der Waals surface area contributed by atoms with Crippen molar-refractivity contribution in [2.75, 3.05) is 32.9 Å². The van der Waals surface area contributed by atoms with Crippen LogP contribution < -0.4 is 0 Å². The van der Waals surface area contributed by atoms with Gasteiger partial charge >= 0.3 is 0 Å². The lowest BCUT2D eigenvalue weighted by Crippen LogP contribution is -2.37. The predicted molar refractivity (Wildman–Crippen MR) is 48.7 cm³/mol. The van der Waals surface area contributed by atoms with Crippen LogP contribution in [0.2, 0.25) is 0 Å². The van der Waals surface area contributed by atoms with Crippen LogP contribution in [0.3, 0.4) is 0 Å². The van der Waals surface area contributed by atoms with Gasteiger partial charge in [0.25, 0.3) is 0 Å². The van der Waals surface area contributed by atoms with E-state index < -0.39 is 10.0 Å². The van der Waals surface area contributed by atoms with Gasteiger partial charge in [0.15, 0.2) is 0 Å². The number of nitrogens with zero attached hydrogens (tertiary/aromatic N) is 2. The van der Waals surface area contributed by atoms with E-state index in [4.69, 9.17) is 0 Å². The van der Waals surface area contributed by atoms with Gasteiger partial charge in [0.1, 0.15) is 0 Å². The average Bonchev–Trinajstić information content (AvgIpc) is 2.30. The summed E-state index contributed by atoms with van der Waals surface area (Å²) in [6.07, 6.45) is 0.628. The summed E-state index contributed by atoms with van der Waals surface area (Å²) in [4.78, 5) is 12.6. The average molecular weight is 206 g/mol. The van der Waals surface area contributed by atoms with Gasteiger partial charge < -0.3 is 4.90 Å². The van der Waals surface area contributed by atoms with Crippen molar-refractivity contribution in [1.82, 2.24) is 9.21 Å². The van der Waals surface area contributed by atoms with Gasteiger partial charge in [-0.3, -0.25) is 4.79 Å². The number of carbonyl (C=O) groups excluding carboxylic acids is 1. The zero-order chi connectivity index (χ0) is 10.1. The minimum Gasteiger partial charge on any atom is -0.348 e. The van der Waals surface area contributed by atoms with Crippen molar-refractivity contribution < 1.29 is 13.2 Å². The molecule has 1 heterocycles. The molecule has 1 aliphatic rings. The molecule has 0 N–H and O–H groups in total. The number of amides is 1. The molecule has 0 aromatic heterocycles. The quantitative estimate of drug-likeness (QED) is 0.589. The normalized spacial score (nSPS) is 21.7. The molecule has 5 nitrogen and oxygen atoms in total. The van der Waals surface area contributed by atoms with E-state index in [0.717, 1.165) is 0 Å². The molecule has 0 atom stereocenters. The second-order valence-electron chi connectivity index (χ2n) is 3.29. The highest BCUT2D eigenvalue weighted by Gasteiger charge is 2.29. The Bertz CT molecular complexity index is 297.